The highest BCUT2D eigenvalue weighted by Gasteiger charge is 2.55. The van der Waals surface area contributed by atoms with Crippen molar-refractivity contribution in [1.82, 2.24) is 15.1 Å². The van der Waals surface area contributed by atoms with Crippen molar-refractivity contribution < 1.29 is 18.7 Å². The van der Waals surface area contributed by atoms with Crippen molar-refractivity contribution in [2.24, 2.45) is 5.92 Å². The van der Waals surface area contributed by atoms with Crippen LogP contribution in [0.5, 0.6) is 0 Å². The second kappa shape index (κ2) is 10.9. The molecule has 0 spiro atoms. The van der Waals surface area contributed by atoms with E-state index >= 15 is 0 Å². The normalized spacial score (nSPS) is 21.4. The zero-order valence-corrected chi connectivity index (χ0v) is 20.0. The van der Waals surface area contributed by atoms with Gasteiger partial charge in [0.1, 0.15) is 23.7 Å². The molecule has 0 bridgehead atoms. The molecule has 2 saturated heterocycles. The van der Waals surface area contributed by atoms with Gasteiger partial charge in [0.2, 0.25) is 0 Å². The number of ether oxygens (including phenoxy) is 1. The number of carbonyl (C=O) groups is 2. The van der Waals surface area contributed by atoms with E-state index in [9.17, 15) is 9.59 Å². The molecule has 1 aromatic carbocycles. The Balaban J connectivity index is 1.46. The zero-order valence-electron chi connectivity index (χ0n) is 20.0. The van der Waals surface area contributed by atoms with Gasteiger partial charge in [-0.25, -0.2) is 4.79 Å². The van der Waals surface area contributed by atoms with E-state index in [0.717, 1.165) is 56.0 Å². The third kappa shape index (κ3) is 5.19. The molecule has 180 valence electrons. The minimum Gasteiger partial charge on any atom is -0.462 e. The standard InChI is InChI=1S/C27H33N3O4/c1-3-4-16-30-25(31)27(28-26(30)32,15-12-21-8-6-5-7-9-21)22-13-17-29(18-14-22)19-23-10-11-24(34-23)20-33-2/h5-11,22H,12-20H2,1-2H3,(H,28,32)/t27-/m1/s1. The Kier molecular flexibility index (Phi) is 7.71. The summed E-state index contributed by atoms with van der Waals surface area (Å²) < 4.78 is 11.0. The first kappa shape index (κ1) is 24.1. The summed E-state index contributed by atoms with van der Waals surface area (Å²) >= 11 is 0. The van der Waals surface area contributed by atoms with E-state index < -0.39 is 5.54 Å². The van der Waals surface area contributed by atoms with Gasteiger partial charge in [-0.2, -0.15) is 0 Å². The summed E-state index contributed by atoms with van der Waals surface area (Å²) in [5.74, 6) is 7.34. The number of rotatable bonds is 9. The number of amides is 3. The summed E-state index contributed by atoms with van der Waals surface area (Å²) in [6.45, 7) is 4.73. The lowest BCUT2D eigenvalue weighted by Crippen LogP contribution is -2.56. The summed E-state index contributed by atoms with van der Waals surface area (Å²) in [7, 11) is 1.65. The van der Waals surface area contributed by atoms with Crippen LogP contribution in [0.4, 0.5) is 4.79 Å². The molecule has 1 aromatic heterocycles. The Labute approximate surface area is 201 Å². The highest BCUT2D eigenvalue weighted by atomic mass is 16.5. The molecule has 7 heteroatoms. The second-order valence-electron chi connectivity index (χ2n) is 9.06. The molecule has 2 aromatic rings. The topological polar surface area (TPSA) is 75.0 Å². The van der Waals surface area contributed by atoms with Crippen LogP contribution in [-0.2, 0) is 29.1 Å². The fourth-order valence-electron chi connectivity index (χ4n) is 5.11. The molecule has 0 aliphatic carbocycles. The highest BCUT2D eigenvalue weighted by molar-refractivity contribution is 6.07. The van der Waals surface area contributed by atoms with Crippen LogP contribution in [-0.4, -0.2) is 54.0 Å². The van der Waals surface area contributed by atoms with Gasteiger partial charge in [-0.3, -0.25) is 14.6 Å². The predicted octanol–water partition coefficient (Wildman–Crippen LogP) is 3.58. The zero-order chi connectivity index (χ0) is 24.0. The van der Waals surface area contributed by atoms with Crippen molar-refractivity contribution in [1.29, 1.82) is 0 Å². The van der Waals surface area contributed by atoms with Crippen LogP contribution in [0.1, 0.15) is 43.3 Å². The van der Waals surface area contributed by atoms with Crippen molar-refractivity contribution in [3.8, 4) is 11.8 Å². The summed E-state index contributed by atoms with van der Waals surface area (Å²) in [5, 5.41) is 3.12. The molecule has 34 heavy (non-hydrogen) atoms. The minimum atomic E-state index is -0.884. The van der Waals surface area contributed by atoms with Gasteiger partial charge in [-0.15, -0.1) is 5.92 Å². The third-order valence-electron chi connectivity index (χ3n) is 6.93. The van der Waals surface area contributed by atoms with Gasteiger partial charge >= 0.3 is 6.03 Å². The number of hydrogen-bond acceptors (Lipinski definition) is 5. The molecule has 0 saturated carbocycles. The monoisotopic (exact) mass is 463 g/mol. The fraction of sp³-hybridized carbons (Fsp3) is 0.481. The minimum absolute atomic E-state index is 0.0733. The van der Waals surface area contributed by atoms with Gasteiger partial charge in [0.05, 0.1) is 13.1 Å². The molecule has 7 nitrogen and oxygen atoms in total. The quantitative estimate of drug-likeness (QED) is 0.454. The highest BCUT2D eigenvalue weighted by Crippen LogP contribution is 2.37. The Morgan fingerprint density at radius 3 is 2.56 bits per heavy atom. The summed E-state index contributed by atoms with van der Waals surface area (Å²) in [5.41, 5.74) is 0.280. The number of furan rings is 1. The van der Waals surface area contributed by atoms with Crippen molar-refractivity contribution in [3.63, 3.8) is 0 Å². The summed E-state index contributed by atoms with van der Waals surface area (Å²) in [4.78, 5) is 30.1. The first-order valence-electron chi connectivity index (χ1n) is 11.9. The molecule has 2 aliphatic heterocycles. The molecule has 1 atom stereocenters. The molecule has 2 fully saturated rings. The molecule has 4 rings (SSSR count). The molecule has 2 aliphatic rings. The van der Waals surface area contributed by atoms with Gasteiger partial charge in [0.15, 0.2) is 0 Å². The van der Waals surface area contributed by atoms with Crippen LogP contribution in [0, 0.1) is 17.8 Å². The molecule has 0 radical (unpaired) electrons. The Hall–Kier alpha value is -3.08. The first-order valence-corrected chi connectivity index (χ1v) is 11.9. The Morgan fingerprint density at radius 2 is 1.85 bits per heavy atom. The number of methoxy groups -OCH3 is 1. The van der Waals surface area contributed by atoms with Crippen LogP contribution in [0.15, 0.2) is 46.9 Å². The number of nitrogens with zero attached hydrogens (tertiary/aromatic N) is 2. The Morgan fingerprint density at radius 1 is 1.12 bits per heavy atom. The summed E-state index contributed by atoms with van der Waals surface area (Å²) in [6, 6.07) is 13.7. The van der Waals surface area contributed by atoms with E-state index in [2.05, 4.69) is 34.2 Å². The van der Waals surface area contributed by atoms with E-state index in [4.69, 9.17) is 9.15 Å². The summed E-state index contributed by atoms with van der Waals surface area (Å²) in [6.07, 6.45) is 2.98. The van der Waals surface area contributed by atoms with Crippen molar-refractivity contribution in [2.45, 2.75) is 51.3 Å². The van der Waals surface area contributed by atoms with Crippen LogP contribution in [0.25, 0.3) is 0 Å². The average Bonchev–Trinajstić information content (AvgIpc) is 3.39. The van der Waals surface area contributed by atoms with E-state index in [0.29, 0.717) is 13.0 Å². The van der Waals surface area contributed by atoms with E-state index in [-0.39, 0.29) is 24.4 Å². The lowest BCUT2D eigenvalue weighted by Gasteiger charge is -2.40. The smallest absolute Gasteiger partial charge is 0.325 e. The number of hydrogen-bond donors (Lipinski definition) is 1. The number of benzene rings is 1. The average molecular weight is 464 g/mol. The number of imide groups is 1. The number of urea groups is 1. The van der Waals surface area contributed by atoms with Gasteiger partial charge in [0.25, 0.3) is 5.91 Å². The third-order valence-corrected chi connectivity index (χ3v) is 6.93. The first-order chi connectivity index (χ1) is 16.6. The lowest BCUT2D eigenvalue weighted by molar-refractivity contribution is -0.134. The van der Waals surface area contributed by atoms with Crippen LogP contribution in [0.2, 0.25) is 0 Å². The van der Waals surface area contributed by atoms with Crippen LogP contribution >= 0.6 is 0 Å². The Bertz CT molecular complexity index is 1050. The molecule has 0 unspecified atom stereocenters. The largest absolute Gasteiger partial charge is 0.462 e. The van der Waals surface area contributed by atoms with Gasteiger partial charge in [0, 0.05) is 7.11 Å². The van der Waals surface area contributed by atoms with Crippen molar-refractivity contribution in [3.05, 3.63) is 59.5 Å². The molecular weight excluding hydrogens is 430 g/mol. The number of nitrogens with one attached hydrogen (secondary N) is 1. The van der Waals surface area contributed by atoms with Crippen molar-refractivity contribution in [2.75, 3.05) is 26.7 Å². The maximum atomic E-state index is 13.6. The van der Waals surface area contributed by atoms with Gasteiger partial charge in [-0.1, -0.05) is 36.3 Å². The van der Waals surface area contributed by atoms with E-state index in [1.165, 1.54) is 4.90 Å². The maximum absolute atomic E-state index is 13.6. The second-order valence-corrected chi connectivity index (χ2v) is 9.06. The molecule has 3 amide bonds. The SMILES string of the molecule is CC#CCN1C(=O)N[C@](CCc2ccccc2)(C2CCN(Cc3ccc(COC)o3)CC2)C1=O. The molecule has 1 N–H and O–H groups in total. The van der Waals surface area contributed by atoms with Gasteiger partial charge < -0.3 is 14.5 Å². The number of aryl methyl sites for hydroxylation is 1. The van der Waals surface area contributed by atoms with E-state index in [1.54, 1.807) is 14.0 Å². The van der Waals surface area contributed by atoms with Crippen LogP contribution < -0.4 is 5.32 Å². The molecule has 3 heterocycles. The van der Waals surface area contributed by atoms with Crippen molar-refractivity contribution >= 4 is 11.9 Å². The maximum Gasteiger partial charge on any atom is 0.325 e. The van der Waals surface area contributed by atoms with E-state index in [1.807, 2.05) is 30.3 Å². The number of piperidine rings is 1. The number of carbonyl (C=O) groups excluding carboxylic acids is 2. The number of likely N-dealkylation sites (tertiary alicyclic amines) is 1. The van der Waals surface area contributed by atoms with Gasteiger partial charge in [-0.05, 0) is 69.3 Å². The fourth-order valence-corrected chi connectivity index (χ4v) is 5.11. The predicted molar refractivity (Wildman–Crippen MR) is 129 cm³/mol. The van der Waals surface area contributed by atoms with Crippen LogP contribution in [0.3, 0.4) is 0 Å². The molecular formula is C27H33N3O4. The lowest BCUT2D eigenvalue weighted by atomic mass is 9.74.